The van der Waals surface area contributed by atoms with Gasteiger partial charge in [-0.05, 0) is 18.6 Å². The zero-order valence-electron chi connectivity index (χ0n) is 16.9. The summed E-state index contributed by atoms with van der Waals surface area (Å²) < 4.78 is 5.43. The molecule has 0 radical (unpaired) electrons. The standard InChI is InChI=1S/C23H28N2O3/c1-4-28-22(27)23(17-18-11-6-5-7-12-18)19-13-8-9-14-20(19)25(21(23)26)16-10-15-24(2)3/h5-9,11-14H,4,10,15-17H2,1-3H3/p+1/t23-/m1/s1. The van der Waals surface area contributed by atoms with E-state index >= 15 is 0 Å². The molecule has 1 aliphatic heterocycles. The largest absolute Gasteiger partial charge is 0.465 e. The molecule has 0 unspecified atom stereocenters. The number of nitrogens with one attached hydrogen (secondary N) is 1. The number of amides is 1. The van der Waals surface area contributed by atoms with Crippen molar-refractivity contribution in [3.8, 4) is 0 Å². The van der Waals surface area contributed by atoms with Gasteiger partial charge in [0.15, 0.2) is 5.41 Å². The Hall–Kier alpha value is -2.66. The summed E-state index contributed by atoms with van der Waals surface area (Å²) in [5, 5.41) is 0. The number of carbonyl (C=O) groups excluding carboxylic acids is 2. The number of nitrogens with zero attached hydrogens (tertiary/aromatic N) is 1. The van der Waals surface area contributed by atoms with Crippen molar-refractivity contribution in [2.24, 2.45) is 0 Å². The highest BCUT2D eigenvalue weighted by molar-refractivity contribution is 6.20. The fraction of sp³-hybridized carbons (Fsp3) is 0.391. The maximum absolute atomic E-state index is 13.7. The Bertz CT molecular complexity index is 835. The van der Waals surface area contributed by atoms with E-state index in [2.05, 4.69) is 14.1 Å². The molecule has 0 saturated heterocycles. The summed E-state index contributed by atoms with van der Waals surface area (Å²) in [5.74, 6) is -0.637. The number of fused-ring (bicyclic) bond motifs is 1. The lowest BCUT2D eigenvalue weighted by Gasteiger charge is -2.27. The van der Waals surface area contributed by atoms with Gasteiger partial charge in [0, 0.05) is 30.6 Å². The van der Waals surface area contributed by atoms with Crippen LogP contribution in [0.5, 0.6) is 0 Å². The maximum Gasteiger partial charge on any atom is 0.326 e. The molecule has 1 heterocycles. The summed E-state index contributed by atoms with van der Waals surface area (Å²) in [6.45, 7) is 3.57. The van der Waals surface area contributed by atoms with E-state index in [9.17, 15) is 9.59 Å². The summed E-state index contributed by atoms with van der Waals surface area (Å²) in [7, 11) is 4.19. The fourth-order valence-corrected chi connectivity index (χ4v) is 3.93. The number of ether oxygens (including phenoxy) is 1. The number of anilines is 1. The van der Waals surface area contributed by atoms with Gasteiger partial charge in [-0.25, -0.2) is 0 Å². The Morgan fingerprint density at radius 3 is 2.43 bits per heavy atom. The molecule has 28 heavy (non-hydrogen) atoms. The average Bonchev–Trinajstić information content (AvgIpc) is 2.92. The first kappa shape index (κ1) is 20.1. The molecule has 0 fully saturated rings. The molecule has 0 aliphatic carbocycles. The number of para-hydroxylation sites is 1. The zero-order valence-corrected chi connectivity index (χ0v) is 16.9. The zero-order chi connectivity index (χ0) is 20.1. The van der Waals surface area contributed by atoms with Crippen molar-refractivity contribution in [1.82, 2.24) is 0 Å². The Kier molecular flexibility index (Phi) is 6.15. The first-order valence-electron chi connectivity index (χ1n) is 9.92. The van der Waals surface area contributed by atoms with Crippen LogP contribution in [0.4, 0.5) is 5.69 Å². The van der Waals surface area contributed by atoms with Crippen LogP contribution in [0.15, 0.2) is 54.6 Å². The van der Waals surface area contributed by atoms with Gasteiger partial charge in [-0.15, -0.1) is 0 Å². The van der Waals surface area contributed by atoms with Gasteiger partial charge < -0.3 is 14.5 Å². The molecule has 148 valence electrons. The number of esters is 1. The quantitative estimate of drug-likeness (QED) is 0.558. The number of hydrogen-bond donors (Lipinski definition) is 1. The average molecular weight is 381 g/mol. The molecule has 0 aromatic heterocycles. The van der Waals surface area contributed by atoms with E-state index in [1.165, 1.54) is 4.90 Å². The molecule has 3 rings (SSSR count). The van der Waals surface area contributed by atoms with Crippen LogP contribution in [0.25, 0.3) is 0 Å². The third kappa shape index (κ3) is 3.67. The molecule has 1 amide bonds. The van der Waals surface area contributed by atoms with Gasteiger partial charge in [0.25, 0.3) is 0 Å². The minimum Gasteiger partial charge on any atom is -0.465 e. The number of rotatable bonds is 8. The smallest absolute Gasteiger partial charge is 0.326 e. The molecule has 5 heteroatoms. The van der Waals surface area contributed by atoms with Crippen molar-refractivity contribution in [2.45, 2.75) is 25.2 Å². The molecule has 1 aliphatic rings. The van der Waals surface area contributed by atoms with Crippen LogP contribution in [0.3, 0.4) is 0 Å². The van der Waals surface area contributed by atoms with Gasteiger partial charge in [0.2, 0.25) is 5.91 Å². The molecular weight excluding hydrogens is 352 g/mol. The lowest BCUT2D eigenvalue weighted by molar-refractivity contribution is -0.858. The van der Waals surface area contributed by atoms with E-state index in [-0.39, 0.29) is 12.5 Å². The number of hydrogen-bond acceptors (Lipinski definition) is 3. The number of carbonyl (C=O) groups is 2. The third-order valence-electron chi connectivity index (χ3n) is 5.26. The normalized spacial score (nSPS) is 18.4. The molecule has 0 bridgehead atoms. The Balaban J connectivity index is 2.05. The van der Waals surface area contributed by atoms with E-state index in [0.717, 1.165) is 29.8 Å². The second-order valence-electron chi connectivity index (χ2n) is 7.57. The molecule has 2 aromatic rings. The van der Waals surface area contributed by atoms with Crippen molar-refractivity contribution >= 4 is 17.6 Å². The first-order chi connectivity index (χ1) is 13.5. The van der Waals surface area contributed by atoms with Crippen LogP contribution in [-0.4, -0.2) is 45.7 Å². The fourth-order valence-electron chi connectivity index (χ4n) is 3.93. The SMILES string of the molecule is CCOC(=O)[C@@]1(Cc2ccccc2)C(=O)N(CCC[NH+](C)C)c2ccccc21. The van der Waals surface area contributed by atoms with Gasteiger partial charge in [-0.1, -0.05) is 48.5 Å². The highest BCUT2D eigenvalue weighted by Crippen LogP contribution is 2.45. The van der Waals surface area contributed by atoms with Gasteiger partial charge in [0.1, 0.15) is 0 Å². The second-order valence-corrected chi connectivity index (χ2v) is 7.57. The second kappa shape index (κ2) is 8.57. The van der Waals surface area contributed by atoms with E-state index in [1.807, 2.05) is 54.6 Å². The van der Waals surface area contributed by atoms with Crippen LogP contribution in [0.1, 0.15) is 24.5 Å². The number of quaternary nitrogens is 1. The predicted octanol–water partition coefficient (Wildman–Crippen LogP) is 1.61. The Labute approximate surface area is 166 Å². The maximum atomic E-state index is 13.7. The van der Waals surface area contributed by atoms with Crippen molar-refractivity contribution in [1.29, 1.82) is 0 Å². The molecule has 1 N–H and O–H groups in total. The van der Waals surface area contributed by atoms with E-state index in [4.69, 9.17) is 4.74 Å². The highest BCUT2D eigenvalue weighted by atomic mass is 16.5. The van der Waals surface area contributed by atoms with Gasteiger partial charge in [-0.3, -0.25) is 9.59 Å². The summed E-state index contributed by atoms with van der Waals surface area (Å²) in [4.78, 5) is 30.0. The molecule has 5 nitrogen and oxygen atoms in total. The van der Waals surface area contributed by atoms with Crippen molar-refractivity contribution in [2.75, 3.05) is 38.7 Å². The summed E-state index contributed by atoms with van der Waals surface area (Å²) in [6.07, 6.45) is 1.17. The van der Waals surface area contributed by atoms with Crippen molar-refractivity contribution in [3.63, 3.8) is 0 Å². The van der Waals surface area contributed by atoms with Crippen LogP contribution in [0.2, 0.25) is 0 Å². The minimum atomic E-state index is -1.32. The summed E-state index contributed by atoms with van der Waals surface area (Å²) in [6, 6.07) is 17.3. The van der Waals surface area contributed by atoms with Crippen molar-refractivity contribution in [3.05, 3.63) is 65.7 Å². The molecule has 2 aromatic carbocycles. The van der Waals surface area contributed by atoms with Gasteiger partial charge in [-0.2, -0.15) is 0 Å². The van der Waals surface area contributed by atoms with Gasteiger partial charge in [0.05, 0.1) is 27.2 Å². The van der Waals surface area contributed by atoms with Crippen LogP contribution in [0, 0.1) is 0 Å². The monoisotopic (exact) mass is 381 g/mol. The van der Waals surface area contributed by atoms with Crippen LogP contribution in [-0.2, 0) is 26.2 Å². The van der Waals surface area contributed by atoms with Crippen molar-refractivity contribution < 1.29 is 19.2 Å². The minimum absolute atomic E-state index is 0.176. The lowest BCUT2D eigenvalue weighted by Crippen LogP contribution is -3.05. The molecule has 1 atom stereocenters. The highest BCUT2D eigenvalue weighted by Gasteiger charge is 2.57. The van der Waals surface area contributed by atoms with Gasteiger partial charge >= 0.3 is 5.97 Å². The number of benzene rings is 2. The third-order valence-corrected chi connectivity index (χ3v) is 5.26. The Morgan fingerprint density at radius 1 is 1.07 bits per heavy atom. The molecule has 0 saturated carbocycles. The van der Waals surface area contributed by atoms with Crippen LogP contribution >= 0.6 is 0 Å². The summed E-state index contributed by atoms with van der Waals surface area (Å²) in [5.41, 5.74) is 1.20. The molecular formula is C23H29N2O3+. The van der Waals surface area contributed by atoms with Crippen LogP contribution < -0.4 is 9.80 Å². The Morgan fingerprint density at radius 2 is 1.75 bits per heavy atom. The lowest BCUT2D eigenvalue weighted by atomic mass is 9.76. The van der Waals surface area contributed by atoms with E-state index < -0.39 is 11.4 Å². The van der Waals surface area contributed by atoms with E-state index in [0.29, 0.717) is 13.0 Å². The van der Waals surface area contributed by atoms with E-state index in [1.54, 1.807) is 11.8 Å². The first-order valence-corrected chi connectivity index (χ1v) is 9.92. The summed E-state index contributed by atoms with van der Waals surface area (Å²) >= 11 is 0. The predicted molar refractivity (Wildman–Crippen MR) is 110 cm³/mol. The molecule has 0 spiro atoms. The topological polar surface area (TPSA) is 51.1 Å².